The molecule has 0 bridgehead atoms. The molecule has 4 aliphatic carbocycles. The third-order valence-electron chi connectivity index (χ3n) is 8.96. The van der Waals surface area contributed by atoms with Gasteiger partial charge in [-0.05, 0) is 91.8 Å². The number of allylic oxidation sites excluding steroid dienone is 1. The van der Waals surface area contributed by atoms with Gasteiger partial charge in [0, 0.05) is 0 Å². The Labute approximate surface area is 136 Å². The van der Waals surface area contributed by atoms with Crippen LogP contribution < -0.4 is 0 Å². The van der Waals surface area contributed by atoms with E-state index in [2.05, 4.69) is 27.4 Å². The summed E-state index contributed by atoms with van der Waals surface area (Å²) in [7, 11) is 0. The van der Waals surface area contributed by atoms with Crippen molar-refractivity contribution in [2.45, 2.75) is 78.2 Å². The molecule has 1 heteroatoms. The van der Waals surface area contributed by atoms with Crippen molar-refractivity contribution in [3.05, 3.63) is 12.2 Å². The molecule has 22 heavy (non-hydrogen) atoms. The molecule has 4 saturated carbocycles. The van der Waals surface area contributed by atoms with Gasteiger partial charge in [0.15, 0.2) is 0 Å². The monoisotopic (exact) mass is 302 g/mol. The van der Waals surface area contributed by atoms with Crippen molar-refractivity contribution in [1.82, 2.24) is 0 Å². The Morgan fingerprint density at radius 1 is 1.09 bits per heavy atom. The lowest BCUT2D eigenvalue weighted by molar-refractivity contribution is -0.132. The molecule has 124 valence electrons. The molecule has 8 atom stereocenters. The lowest BCUT2D eigenvalue weighted by atomic mass is 9.44. The van der Waals surface area contributed by atoms with Crippen LogP contribution in [-0.4, -0.2) is 11.2 Å². The van der Waals surface area contributed by atoms with E-state index >= 15 is 0 Å². The van der Waals surface area contributed by atoms with E-state index in [9.17, 15) is 5.11 Å². The first kappa shape index (κ1) is 15.2. The Morgan fingerprint density at radius 2 is 1.86 bits per heavy atom. The largest absolute Gasteiger partial charge is 0.393 e. The van der Waals surface area contributed by atoms with Gasteiger partial charge in [-0.15, -0.1) is 0 Å². The van der Waals surface area contributed by atoms with Gasteiger partial charge in [-0.3, -0.25) is 0 Å². The van der Waals surface area contributed by atoms with Crippen LogP contribution in [0.1, 0.15) is 72.1 Å². The first-order valence-electron chi connectivity index (χ1n) is 9.72. The Balaban J connectivity index is 1.65. The van der Waals surface area contributed by atoms with Gasteiger partial charge >= 0.3 is 0 Å². The fraction of sp³-hybridized carbons (Fsp3) is 0.905. The number of hydrogen-bond donors (Lipinski definition) is 1. The van der Waals surface area contributed by atoms with Crippen LogP contribution in [-0.2, 0) is 0 Å². The van der Waals surface area contributed by atoms with Crippen LogP contribution in [0.3, 0.4) is 0 Å². The SMILES string of the molecule is C=C1CC[C@H]2[C@@H]3CC[C@H]4C[C@H](O)[C@@H](C)C[C@]4(C)[C@H]3CC[C@]12C. The number of hydrogen-bond acceptors (Lipinski definition) is 1. The second-order valence-corrected chi connectivity index (χ2v) is 9.74. The van der Waals surface area contributed by atoms with Gasteiger partial charge in [-0.25, -0.2) is 0 Å². The Bertz CT molecular complexity index is 482. The highest BCUT2D eigenvalue weighted by atomic mass is 16.3. The second kappa shape index (κ2) is 4.85. The maximum Gasteiger partial charge on any atom is 0.0568 e. The molecule has 0 unspecified atom stereocenters. The average molecular weight is 303 g/mol. The summed E-state index contributed by atoms with van der Waals surface area (Å²) in [6.45, 7) is 11.8. The molecule has 0 saturated heterocycles. The third kappa shape index (κ3) is 1.87. The molecule has 0 aromatic heterocycles. The van der Waals surface area contributed by atoms with Crippen molar-refractivity contribution in [2.24, 2.45) is 40.4 Å². The van der Waals surface area contributed by atoms with E-state index in [0.29, 0.717) is 16.7 Å². The Hall–Kier alpha value is -0.300. The molecular formula is C21H34O. The van der Waals surface area contributed by atoms with Crippen LogP contribution in [0.2, 0.25) is 0 Å². The number of rotatable bonds is 0. The molecule has 0 amide bonds. The van der Waals surface area contributed by atoms with Gasteiger partial charge in [0.1, 0.15) is 0 Å². The average Bonchev–Trinajstić information content (AvgIpc) is 2.77. The van der Waals surface area contributed by atoms with E-state index < -0.39 is 0 Å². The maximum absolute atomic E-state index is 10.3. The van der Waals surface area contributed by atoms with Crippen LogP contribution in [0.25, 0.3) is 0 Å². The first-order chi connectivity index (χ1) is 10.4. The Kier molecular flexibility index (Phi) is 3.36. The minimum absolute atomic E-state index is 0.0465. The van der Waals surface area contributed by atoms with E-state index in [0.717, 1.165) is 30.1 Å². The number of fused-ring (bicyclic) bond motifs is 5. The summed E-state index contributed by atoms with van der Waals surface area (Å²) in [5, 5.41) is 10.3. The predicted octanol–water partition coefficient (Wildman–Crippen LogP) is 5.19. The van der Waals surface area contributed by atoms with E-state index in [4.69, 9.17) is 0 Å². The number of aliphatic hydroxyl groups is 1. The zero-order chi connectivity index (χ0) is 15.7. The van der Waals surface area contributed by atoms with E-state index in [1.165, 1.54) is 44.9 Å². The summed E-state index contributed by atoms with van der Waals surface area (Å²) in [5.41, 5.74) is 2.49. The molecule has 4 rings (SSSR count). The fourth-order valence-electron chi connectivity index (χ4n) is 7.50. The van der Waals surface area contributed by atoms with Gasteiger partial charge in [-0.1, -0.05) is 32.9 Å². The quantitative estimate of drug-likeness (QED) is 0.610. The summed E-state index contributed by atoms with van der Waals surface area (Å²) in [6.07, 6.45) is 10.5. The topological polar surface area (TPSA) is 20.2 Å². The molecule has 0 radical (unpaired) electrons. The van der Waals surface area contributed by atoms with Gasteiger partial charge < -0.3 is 5.11 Å². The lowest BCUT2D eigenvalue weighted by Gasteiger charge is -2.61. The molecule has 0 aliphatic heterocycles. The van der Waals surface area contributed by atoms with Gasteiger partial charge in [0.05, 0.1) is 6.10 Å². The minimum atomic E-state index is -0.0465. The summed E-state index contributed by atoms with van der Waals surface area (Å²) in [4.78, 5) is 0. The zero-order valence-electron chi connectivity index (χ0n) is 14.8. The minimum Gasteiger partial charge on any atom is -0.393 e. The van der Waals surface area contributed by atoms with E-state index in [-0.39, 0.29) is 6.10 Å². The van der Waals surface area contributed by atoms with Crippen LogP contribution in [0, 0.1) is 40.4 Å². The molecule has 0 spiro atoms. The highest BCUT2D eigenvalue weighted by Gasteiger charge is 2.59. The van der Waals surface area contributed by atoms with Crippen molar-refractivity contribution in [3.8, 4) is 0 Å². The lowest BCUT2D eigenvalue weighted by Crippen LogP contribution is -2.54. The maximum atomic E-state index is 10.3. The molecule has 0 heterocycles. The van der Waals surface area contributed by atoms with Crippen LogP contribution >= 0.6 is 0 Å². The van der Waals surface area contributed by atoms with Crippen LogP contribution in [0.5, 0.6) is 0 Å². The molecular weight excluding hydrogens is 268 g/mol. The van der Waals surface area contributed by atoms with Crippen molar-refractivity contribution in [3.63, 3.8) is 0 Å². The molecule has 1 nitrogen and oxygen atoms in total. The van der Waals surface area contributed by atoms with Crippen molar-refractivity contribution in [2.75, 3.05) is 0 Å². The smallest absolute Gasteiger partial charge is 0.0568 e. The van der Waals surface area contributed by atoms with Crippen molar-refractivity contribution < 1.29 is 5.11 Å². The molecule has 1 N–H and O–H groups in total. The van der Waals surface area contributed by atoms with E-state index in [1.54, 1.807) is 5.57 Å². The Morgan fingerprint density at radius 3 is 2.64 bits per heavy atom. The number of aliphatic hydroxyl groups excluding tert-OH is 1. The van der Waals surface area contributed by atoms with Crippen LogP contribution in [0.15, 0.2) is 12.2 Å². The highest BCUT2D eigenvalue weighted by molar-refractivity contribution is 5.21. The van der Waals surface area contributed by atoms with Crippen LogP contribution in [0.4, 0.5) is 0 Å². The standard InChI is InChI=1S/C21H34O/c1-13-12-21(4)15(11-19(13)22)6-7-16-17-8-5-14(2)20(17,3)10-9-18(16)21/h13,15-19,22H,2,5-12H2,1,3-4H3/t13-,15-,16-,17-,18-,19-,20+,21-/m0/s1. The molecule has 4 aliphatic rings. The normalized spacial score (nSPS) is 57.9. The van der Waals surface area contributed by atoms with Gasteiger partial charge in [-0.2, -0.15) is 0 Å². The summed E-state index contributed by atoms with van der Waals surface area (Å²) in [6, 6.07) is 0. The molecule has 0 aromatic rings. The third-order valence-corrected chi connectivity index (χ3v) is 8.96. The second-order valence-electron chi connectivity index (χ2n) is 9.74. The fourth-order valence-corrected chi connectivity index (χ4v) is 7.50. The summed E-state index contributed by atoms with van der Waals surface area (Å²) >= 11 is 0. The van der Waals surface area contributed by atoms with Gasteiger partial charge in [0.25, 0.3) is 0 Å². The summed E-state index contributed by atoms with van der Waals surface area (Å²) < 4.78 is 0. The van der Waals surface area contributed by atoms with Crippen molar-refractivity contribution in [1.29, 1.82) is 0 Å². The highest BCUT2D eigenvalue weighted by Crippen LogP contribution is 2.67. The van der Waals surface area contributed by atoms with Crippen molar-refractivity contribution >= 4 is 0 Å². The van der Waals surface area contributed by atoms with E-state index in [1.807, 2.05) is 0 Å². The first-order valence-corrected chi connectivity index (χ1v) is 9.72. The molecule has 0 aromatic carbocycles. The molecule has 4 fully saturated rings. The predicted molar refractivity (Wildman–Crippen MR) is 91.4 cm³/mol. The zero-order valence-corrected chi connectivity index (χ0v) is 14.8. The summed E-state index contributed by atoms with van der Waals surface area (Å²) in [5.74, 6) is 4.01. The van der Waals surface area contributed by atoms with Gasteiger partial charge in [0.2, 0.25) is 0 Å².